The van der Waals surface area contributed by atoms with Gasteiger partial charge in [-0.25, -0.2) is 9.79 Å². The molecule has 31 heavy (non-hydrogen) atoms. The van der Waals surface area contributed by atoms with E-state index in [1.165, 1.54) is 11.8 Å². The first-order chi connectivity index (χ1) is 15.0. The number of aliphatic imine (C=N–C) groups is 1. The molecule has 0 radical (unpaired) electrons. The monoisotopic (exact) mass is 452 g/mol. The van der Waals surface area contributed by atoms with E-state index in [0.29, 0.717) is 22.9 Å². The average molecular weight is 453 g/mol. The van der Waals surface area contributed by atoms with Crippen molar-refractivity contribution in [1.29, 1.82) is 0 Å². The SMILES string of the molecule is CC[C@@H]1SC2=NC(C)=C(C(=O)OCc3ccccc3)[C@@H](c3ccc(SC)cc3)N2C1=O. The van der Waals surface area contributed by atoms with Crippen LogP contribution in [0.25, 0.3) is 0 Å². The standard InChI is InChI=1S/C24H24N2O3S2/c1-4-19-22(27)26-21(17-10-12-18(30-3)13-11-17)20(15(2)25-24(26)31-19)23(28)29-14-16-8-6-5-7-9-16/h5-13,19,21H,4,14H2,1-3H3/t19-,21+/m0/s1. The van der Waals surface area contributed by atoms with Gasteiger partial charge in [0.2, 0.25) is 5.91 Å². The summed E-state index contributed by atoms with van der Waals surface area (Å²) in [4.78, 5) is 33.8. The first-order valence-corrected chi connectivity index (χ1v) is 12.3. The number of carbonyl (C=O) groups excluding carboxylic acids is 2. The number of hydrogen-bond donors (Lipinski definition) is 0. The molecule has 0 N–H and O–H groups in total. The normalized spacial score (nSPS) is 20.5. The van der Waals surface area contributed by atoms with E-state index in [1.54, 1.807) is 16.7 Å². The van der Waals surface area contributed by atoms with Crippen LogP contribution in [0.5, 0.6) is 0 Å². The lowest BCUT2D eigenvalue weighted by Gasteiger charge is -2.33. The lowest BCUT2D eigenvalue weighted by Crippen LogP contribution is -2.40. The van der Waals surface area contributed by atoms with Gasteiger partial charge in [-0.05, 0) is 42.9 Å². The van der Waals surface area contributed by atoms with E-state index in [2.05, 4.69) is 4.99 Å². The van der Waals surface area contributed by atoms with Crippen LogP contribution in [0, 0.1) is 0 Å². The molecular weight excluding hydrogens is 428 g/mol. The second-order valence-electron chi connectivity index (χ2n) is 7.35. The predicted octanol–water partition coefficient (Wildman–Crippen LogP) is 5.19. The third-order valence-corrected chi connectivity index (χ3v) is 7.45. The van der Waals surface area contributed by atoms with Gasteiger partial charge in [0.25, 0.3) is 0 Å². The van der Waals surface area contributed by atoms with E-state index in [1.807, 2.05) is 74.7 Å². The van der Waals surface area contributed by atoms with Crippen LogP contribution >= 0.6 is 23.5 Å². The highest BCUT2D eigenvalue weighted by Crippen LogP contribution is 2.44. The van der Waals surface area contributed by atoms with Crippen molar-refractivity contribution < 1.29 is 14.3 Å². The summed E-state index contributed by atoms with van der Waals surface area (Å²) in [5.74, 6) is -0.452. The summed E-state index contributed by atoms with van der Waals surface area (Å²) in [6.07, 6.45) is 2.73. The van der Waals surface area contributed by atoms with Gasteiger partial charge in [-0.1, -0.05) is 61.2 Å². The van der Waals surface area contributed by atoms with Crippen LogP contribution < -0.4 is 0 Å². The molecule has 2 aliphatic heterocycles. The molecule has 0 saturated carbocycles. The number of rotatable bonds is 6. The fourth-order valence-corrected chi connectivity index (χ4v) is 5.29. The number of benzene rings is 2. The minimum atomic E-state index is -0.539. The molecule has 2 heterocycles. The number of amides is 1. The molecule has 4 rings (SSSR count). The highest BCUT2D eigenvalue weighted by molar-refractivity contribution is 8.15. The van der Waals surface area contributed by atoms with Crippen LogP contribution in [-0.2, 0) is 20.9 Å². The summed E-state index contributed by atoms with van der Waals surface area (Å²) in [5, 5.41) is 0.479. The Hall–Kier alpha value is -2.51. The van der Waals surface area contributed by atoms with Gasteiger partial charge in [-0.2, -0.15) is 0 Å². The summed E-state index contributed by atoms with van der Waals surface area (Å²) in [5.41, 5.74) is 2.80. The molecule has 2 aromatic rings. The number of carbonyl (C=O) groups is 2. The first-order valence-electron chi connectivity index (χ1n) is 10.2. The van der Waals surface area contributed by atoms with Gasteiger partial charge in [0.1, 0.15) is 6.61 Å². The molecule has 0 unspecified atom stereocenters. The van der Waals surface area contributed by atoms with E-state index in [-0.39, 0.29) is 17.8 Å². The number of nitrogens with zero attached hydrogens (tertiary/aromatic N) is 2. The molecule has 7 heteroatoms. The van der Waals surface area contributed by atoms with Crippen LogP contribution in [0.1, 0.15) is 37.4 Å². The van der Waals surface area contributed by atoms with E-state index >= 15 is 0 Å². The van der Waals surface area contributed by atoms with Crippen molar-refractivity contribution in [2.75, 3.05) is 6.26 Å². The van der Waals surface area contributed by atoms with Gasteiger partial charge in [-0.3, -0.25) is 9.69 Å². The fourth-order valence-electron chi connectivity index (χ4n) is 3.75. The third kappa shape index (κ3) is 4.29. The highest BCUT2D eigenvalue weighted by atomic mass is 32.2. The van der Waals surface area contributed by atoms with Crippen LogP contribution in [0.2, 0.25) is 0 Å². The van der Waals surface area contributed by atoms with Gasteiger partial charge in [0.05, 0.1) is 22.6 Å². The van der Waals surface area contributed by atoms with Gasteiger partial charge in [-0.15, -0.1) is 11.8 Å². The van der Waals surface area contributed by atoms with Crippen molar-refractivity contribution >= 4 is 40.6 Å². The molecule has 0 aliphatic carbocycles. The first kappa shape index (κ1) is 21.7. The Morgan fingerprint density at radius 2 is 1.87 bits per heavy atom. The lowest BCUT2D eigenvalue weighted by atomic mass is 9.94. The summed E-state index contributed by atoms with van der Waals surface area (Å²) >= 11 is 3.12. The van der Waals surface area contributed by atoms with Gasteiger partial charge < -0.3 is 4.74 Å². The maximum atomic E-state index is 13.2. The zero-order valence-electron chi connectivity index (χ0n) is 17.7. The molecule has 1 fully saturated rings. The minimum absolute atomic E-state index is 0.00828. The maximum Gasteiger partial charge on any atom is 0.338 e. The molecule has 0 spiro atoms. The topological polar surface area (TPSA) is 59.0 Å². The number of ether oxygens (including phenoxy) is 1. The Balaban J connectivity index is 1.70. The Morgan fingerprint density at radius 3 is 2.52 bits per heavy atom. The van der Waals surface area contributed by atoms with Crippen molar-refractivity contribution in [3.63, 3.8) is 0 Å². The zero-order chi connectivity index (χ0) is 22.0. The van der Waals surface area contributed by atoms with Crippen molar-refractivity contribution in [3.05, 3.63) is 77.0 Å². The van der Waals surface area contributed by atoms with Crippen molar-refractivity contribution in [1.82, 2.24) is 4.90 Å². The van der Waals surface area contributed by atoms with Gasteiger partial charge in [0.15, 0.2) is 5.17 Å². The fraction of sp³-hybridized carbons (Fsp3) is 0.292. The Labute approximate surface area is 191 Å². The predicted molar refractivity (Wildman–Crippen MR) is 126 cm³/mol. The Bertz CT molecular complexity index is 1050. The molecule has 2 atom stereocenters. The summed E-state index contributed by atoms with van der Waals surface area (Å²) in [6.45, 7) is 3.98. The summed E-state index contributed by atoms with van der Waals surface area (Å²) in [7, 11) is 0. The van der Waals surface area contributed by atoms with Crippen molar-refractivity contribution in [2.24, 2.45) is 4.99 Å². The quantitative estimate of drug-likeness (QED) is 0.446. The van der Waals surface area contributed by atoms with E-state index in [9.17, 15) is 9.59 Å². The van der Waals surface area contributed by atoms with Crippen molar-refractivity contribution in [2.45, 2.75) is 43.1 Å². The lowest BCUT2D eigenvalue weighted by molar-refractivity contribution is -0.141. The zero-order valence-corrected chi connectivity index (χ0v) is 19.3. The smallest absolute Gasteiger partial charge is 0.338 e. The van der Waals surface area contributed by atoms with Gasteiger partial charge >= 0.3 is 5.97 Å². The molecule has 2 aromatic carbocycles. The number of amidine groups is 1. The molecule has 0 aromatic heterocycles. The Morgan fingerprint density at radius 1 is 1.16 bits per heavy atom. The molecule has 1 amide bonds. The van der Waals surface area contributed by atoms with Crippen LogP contribution in [0.3, 0.4) is 0 Å². The van der Waals surface area contributed by atoms with E-state index < -0.39 is 12.0 Å². The molecule has 5 nitrogen and oxygen atoms in total. The number of fused-ring (bicyclic) bond motifs is 1. The van der Waals surface area contributed by atoms with Gasteiger partial charge in [0, 0.05) is 4.90 Å². The molecule has 160 valence electrons. The van der Waals surface area contributed by atoms with Crippen LogP contribution in [0.4, 0.5) is 0 Å². The minimum Gasteiger partial charge on any atom is -0.457 e. The largest absolute Gasteiger partial charge is 0.457 e. The van der Waals surface area contributed by atoms with Crippen LogP contribution in [-0.4, -0.2) is 33.4 Å². The van der Waals surface area contributed by atoms with Crippen molar-refractivity contribution in [3.8, 4) is 0 Å². The summed E-state index contributed by atoms with van der Waals surface area (Å²) in [6, 6.07) is 17.0. The maximum absolute atomic E-state index is 13.2. The summed E-state index contributed by atoms with van der Waals surface area (Å²) < 4.78 is 5.66. The number of allylic oxidation sites excluding steroid dienone is 1. The van der Waals surface area contributed by atoms with E-state index in [0.717, 1.165) is 16.0 Å². The van der Waals surface area contributed by atoms with E-state index in [4.69, 9.17) is 4.74 Å². The molecular formula is C24H24N2O3S2. The third-order valence-electron chi connectivity index (χ3n) is 5.39. The Kier molecular flexibility index (Phi) is 6.53. The second-order valence-corrected chi connectivity index (χ2v) is 9.40. The number of esters is 1. The highest BCUT2D eigenvalue weighted by Gasteiger charge is 2.47. The average Bonchev–Trinajstić information content (AvgIpc) is 3.12. The number of hydrogen-bond acceptors (Lipinski definition) is 6. The molecule has 1 saturated heterocycles. The van der Waals surface area contributed by atoms with Crippen LogP contribution in [0.15, 0.2) is 75.8 Å². The second kappa shape index (κ2) is 9.32. The molecule has 2 aliphatic rings. The molecule has 0 bridgehead atoms. The number of thioether (sulfide) groups is 2.